The first kappa shape index (κ1) is 28.7. The maximum atomic E-state index is 12.9. The van der Waals surface area contributed by atoms with Crippen molar-refractivity contribution in [3.8, 4) is 17.2 Å². The molecule has 2 rings (SSSR count). The van der Waals surface area contributed by atoms with Gasteiger partial charge in [0.05, 0.1) is 0 Å². The van der Waals surface area contributed by atoms with Gasteiger partial charge in [-0.3, -0.25) is 4.79 Å². The van der Waals surface area contributed by atoms with Gasteiger partial charge in [0.2, 0.25) is 0 Å². The van der Waals surface area contributed by atoms with Crippen LogP contribution in [0.2, 0.25) is 0 Å². The predicted octanol–water partition coefficient (Wildman–Crippen LogP) is 7.83. The van der Waals surface area contributed by atoms with Crippen molar-refractivity contribution in [2.45, 2.75) is 118 Å². The Kier molecular flexibility index (Phi) is 7.82. The summed E-state index contributed by atoms with van der Waals surface area (Å²) in [6.45, 7) is 24.7. The molecule has 0 amide bonds. The topological polar surface area (TPSA) is 66.8 Å². The van der Waals surface area contributed by atoms with Crippen LogP contribution in [0.5, 0.6) is 17.2 Å². The van der Waals surface area contributed by atoms with E-state index >= 15 is 0 Å². The lowest BCUT2D eigenvalue weighted by molar-refractivity contribution is -0.134. The standard InChI is InChI=1S/C31H46O4/c1-28(2,3)21-15-19(16-22(26(21)33)29(4,5)6)13-14-25(32)35-20-17-23(30(7,8)9)27(34)24(18-20)31(10,11)12/h15-18,33-34H,13-14H2,1-12H3. The Balaban J connectivity index is 2.35. The number of phenolic OH excluding ortho intramolecular Hbond substituents is 2. The van der Waals surface area contributed by atoms with Gasteiger partial charge in [-0.15, -0.1) is 0 Å². The molecule has 0 radical (unpaired) electrons. The minimum Gasteiger partial charge on any atom is -0.507 e. The van der Waals surface area contributed by atoms with E-state index in [9.17, 15) is 15.0 Å². The van der Waals surface area contributed by atoms with Crippen molar-refractivity contribution < 1.29 is 19.7 Å². The first-order valence-corrected chi connectivity index (χ1v) is 12.6. The maximum Gasteiger partial charge on any atom is 0.311 e. The van der Waals surface area contributed by atoms with Crippen molar-refractivity contribution in [3.05, 3.63) is 52.1 Å². The molecule has 35 heavy (non-hydrogen) atoms. The Labute approximate surface area is 212 Å². The van der Waals surface area contributed by atoms with E-state index in [2.05, 4.69) is 41.5 Å². The molecule has 0 aliphatic rings. The van der Waals surface area contributed by atoms with Crippen LogP contribution in [0.15, 0.2) is 24.3 Å². The molecule has 0 aliphatic heterocycles. The summed E-state index contributed by atoms with van der Waals surface area (Å²) in [7, 11) is 0. The van der Waals surface area contributed by atoms with Crippen molar-refractivity contribution in [1.82, 2.24) is 0 Å². The molecule has 4 heteroatoms. The molecule has 0 aliphatic carbocycles. The van der Waals surface area contributed by atoms with Gasteiger partial charge in [-0.25, -0.2) is 0 Å². The van der Waals surface area contributed by atoms with Crippen molar-refractivity contribution in [2.24, 2.45) is 0 Å². The molecule has 0 aromatic heterocycles. The lowest BCUT2D eigenvalue weighted by Crippen LogP contribution is -2.19. The zero-order valence-electron chi connectivity index (χ0n) is 23.9. The molecule has 0 atom stereocenters. The predicted molar refractivity (Wildman–Crippen MR) is 145 cm³/mol. The minimum atomic E-state index is -0.321. The molecule has 0 bridgehead atoms. The van der Waals surface area contributed by atoms with Crippen molar-refractivity contribution in [2.75, 3.05) is 0 Å². The van der Waals surface area contributed by atoms with Crippen LogP contribution in [0, 0.1) is 0 Å². The van der Waals surface area contributed by atoms with Crippen molar-refractivity contribution >= 4 is 5.97 Å². The van der Waals surface area contributed by atoms with Gasteiger partial charge in [-0.05, 0) is 56.9 Å². The van der Waals surface area contributed by atoms with E-state index in [0.29, 0.717) is 17.9 Å². The van der Waals surface area contributed by atoms with E-state index in [1.807, 2.05) is 53.7 Å². The van der Waals surface area contributed by atoms with Gasteiger partial charge in [0, 0.05) is 17.5 Å². The van der Waals surface area contributed by atoms with Gasteiger partial charge in [0.1, 0.15) is 17.2 Å². The van der Waals surface area contributed by atoms with E-state index in [4.69, 9.17) is 4.74 Å². The van der Waals surface area contributed by atoms with E-state index < -0.39 is 0 Å². The second-order valence-electron chi connectivity index (χ2n) is 13.9. The van der Waals surface area contributed by atoms with Gasteiger partial charge < -0.3 is 14.9 Å². The molecule has 0 heterocycles. The van der Waals surface area contributed by atoms with E-state index in [1.165, 1.54) is 0 Å². The number of ether oxygens (including phenoxy) is 1. The summed E-state index contributed by atoms with van der Waals surface area (Å²) in [5, 5.41) is 21.9. The fourth-order valence-electron chi connectivity index (χ4n) is 4.22. The highest BCUT2D eigenvalue weighted by molar-refractivity contribution is 5.73. The van der Waals surface area contributed by atoms with E-state index in [0.717, 1.165) is 27.8 Å². The Hall–Kier alpha value is -2.49. The van der Waals surface area contributed by atoms with Crippen LogP contribution in [-0.2, 0) is 32.9 Å². The summed E-state index contributed by atoms with van der Waals surface area (Å²) >= 11 is 0. The number of aryl methyl sites for hydroxylation is 1. The smallest absolute Gasteiger partial charge is 0.311 e. The minimum absolute atomic E-state index is 0.217. The fourth-order valence-corrected chi connectivity index (χ4v) is 4.22. The third kappa shape index (κ3) is 7.02. The number of carbonyl (C=O) groups excluding carboxylic acids is 1. The average molecular weight is 483 g/mol. The number of hydrogen-bond acceptors (Lipinski definition) is 4. The SMILES string of the molecule is CC(C)(C)c1cc(CCC(=O)Oc2cc(C(C)(C)C)c(O)c(C(C)(C)C)c2)cc(C(C)(C)C)c1O. The van der Waals surface area contributed by atoms with Crippen LogP contribution in [0.25, 0.3) is 0 Å². The zero-order valence-corrected chi connectivity index (χ0v) is 23.9. The summed E-state index contributed by atoms with van der Waals surface area (Å²) in [5.74, 6) is 0.736. The molecule has 4 nitrogen and oxygen atoms in total. The lowest BCUT2D eigenvalue weighted by atomic mass is 9.78. The third-order valence-electron chi connectivity index (χ3n) is 6.33. The number of esters is 1. The monoisotopic (exact) mass is 482 g/mol. The van der Waals surface area contributed by atoms with Gasteiger partial charge >= 0.3 is 5.97 Å². The Bertz CT molecular complexity index is 1010. The Morgan fingerprint density at radius 2 is 0.943 bits per heavy atom. The first-order valence-electron chi connectivity index (χ1n) is 12.6. The summed E-state index contributed by atoms with van der Waals surface area (Å²) in [6.07, 6.45) is 0.732. The molecule has 0 unspecified atom stereocenters. The molecule has 0 saturated carbocycles. The summed E-state index contributed by atoms with van der Waals surface area (Å²) in [6, 6.07) is 7.57. The van der Waals surface area contributed by atoms with Crippen LogP contribution in [-0.4, -0.2) is 16.2 Å². The summed E-state index contributed by atoms with van der Waals surface area (Å²) in [5.41, 5.74) is 3.25. The van der Waals surface area contributed by atoms with Crippen LogP contribution < -0.4 is 4.74 Å². The zero-order chi connectivity index (χ0) is 27.1. The molecular weight excluding hydrogens is 436 g/mol. The molecular formula is C31H46O4. The van der Waals surface area contributed by atoms with Gasteiger partial charge in [0.15, 0.2) is 0 Å². The molecule has 194 valence electrons. The first-order chi connectivity index (χ1) is 15.6. The Morgan fingerprint density at radius 3 is 1.26 bits per heavy atom. The number of phenols is 2. The highest BCUT2D eigenvalue weighted by atomic mass is 16.5. The van der Waals surface area contributed by atoms with Gasteiger partial charge in [-0.1, -0.05) is 95.2 Å². The molecule has 2 aromatic rings. The van der Waals surface area contributed by atoms with Crippen LogP contribution in [0.4, 0.5) is 0 Å². The Morgan fingerprint density at radius 1 is 0.629 bits per heavy atom. The largest absolute Gasteiger partial charge is 0.507 e. The van der Waals surface area contributed by atoms with E-state index in [1.54, 1.807) is 12.1 Å². The maximum absolute atomic E-state index is 12.9. The van der Waals surface area contributed by atoms with Crippen LogP contribution >= 0.6 is 0 Å². The number of benzene rings is 2. The normalized spacial score (nSPS) is 13.1. The second kappa shape index (κ2) is 9.52. The van der Waals surface area contributed by atoms with Crippen molar-refractivity contribution in [3.63, 3.8) is 0 Å². The van der Waals surface area contributed by atoms with Crippen LogP contribution in [0.1, 0.15) is 117 Å². The van der Waals surface area contributed by atoms with Crippen LogP contribution in [0.3, 0.4) is 0 Å². The molecule has 0 spiro atoms. The number of carbonyl (C=O) groups is 1. The molecule has 0 fully saturated rings. The number of hydrogen-bond donors (Lipinski definition) is 2. The number of rotatable bonds is 4. The van der Waals surface area contributed by atoms with E-state index in [-0.39, 0.29) is 39.8 Å². The number of aromatic hydroxyl groups is 2. The summed E-state index contributed by atoms with van der Waals surface area (Å²) in [4.78, 5) is 12.9. The lowest BCUT2D eigenvalue weighted by Gasteiger charge is -2.28. The fraction of sp³-hybridized carbons (Fsp3) is 0.581. The van der Waals surface area contributed by atoms with Gasteiger partial charge in [-0.2, -0.15) is 0 Å². The third-order valence-corrected chi connectivity index (χ3v) is 6.33. The highest BCUT2D eigenvalue weighted by Gasteiger charge is 2.28. The average Bonchev–Trinajstić information content (AvgIpc) is 2.64. The highest BCUT2D eigenvalue weighted by Crippen LogP contribution is 2.42. The molecule has 2 N–H and O–H groups in total. The van der Waals surface area contributed by atoms with Crippen molar-refractivity contribution in [1.29, 1.82) is 0 Å². The summed E-state index contributed by atoms with van der Waals surface area (Å²) < 4.78 is 5.78. The quantitative estimate of drug-likeness (QED) is 0.344. The second-order valence-corrected chi connectivity index (χ2v) is 13.9. The molecule has 2 aromatic carbocycles. The van der Waals surface area contributed by atoms with Gasteiger partial charge in [0.25, 0.3) is 0 Å². The molecule has 0 saturated heterocycles.